The summed E-state index contributed by atoms with van der Waals surface area (Å²) in [6.07, 6.45) is 15.2. The summed E-state index contributed by atoms with van der Waals surface area (Å²) >= 11 is 0. The Kier molecular flexibility index (Phi) is 18.6. The predicted octanol–water partition coefficient (Wildman–Crippen LogP) is 10.3. The van der Waals surface area contributed by atoms with Crippen LogP contribution < -0.4 is 43.6 Å². The first-order valence-corrected chi connectivity index (χ1v) is 32.7. The fourth-order valence-electron chi connectivity index (χ4n) is 11.4. The van der Waals surface area contributed by atoms with Crippen LogP contribution in [0.2, 0.25) is 0 Å². The molecule has 30 heteroatoms. The standard InChI is InChI=1S/C20H20N8.C20H19N7O.C17H13N7.C16H12N6O.5H2/c21-19-18(20-26-14-3-1-2-4-15(14)27-20)25-16(12-24-19)13-5-6-23-17(11-13)28-9-7-22-8-10-28;21-19-18(20-25-14-3-1-2-4-15(14)26-20)24-16(12-23-19)13-5-6-17(22-11-13)27-7-9-28-10-8-27;18-15-14(21-13(10-20-15)12-7-4-8-19-9-12)17-22-16(23-24-17)11-5-2-1-3-6-11;17-15-14(16-21-10-3-1-2-4-11(10)22-16)20-12(8-19-15)9-5-6-13(23)18-7-9;;;;;/h1-6,11-12,22H,7-10H2,(H2,21,24)(H,26,27);1-6,11-12H,7-10H2,(H2,21,23)(H,25,26);1-10H,(H2,18,20)(H,22,23,24);1-8H,(H2,17,19)(H,18,23)(H,21,22);5*1H. The molecule has 18 rings (SSSR count). The number of piperazine rings is 1. The molecule has 0 aliphatic carbocycles. The van der Waals surface area contributed by atoms with Crippen molar-refractivity contribution in [2.45, 2.75) is 0 Å². The van der Waals surface area contributed by atoms with Gasteiger partial charge in [-0.1, -0.05) is 66.7 Å². The van der Waals surface area contributed by atoms with E-state index < -0.39 is 0 Å². The van der Waals surface area contributed by atoms with Crippen molar-refractivity contribution >= 4 is 68.0 Å². The highest BCUT2D eigenvalue weighted by molar-refractivity contribution is 5.84. The number of nitrogen functional groups attached to an aromatic ring is 4. The van der Waals surface area contributed by atoms with Crippen LogP contribution in [0, 0.1) is 0 Å². The number of aromatic amines is 5. The molecule has 0 amide bonds. The molecule has 2 aliphatic rings. The van der Waals surface area contributed by atoms with Crippen LogP contribution in [-0.4, -0.2) is 157 Å². The molecule has 0 atom stereocenters. The molecule has 0 bridgehead atoms. The van der Waals surface area contributed by atoms with Crippen LogP contribution >= 0.6 is 0 Å². The van der Waals surface area contributed by atoms with Gasteiger partial charge in [0.25, 0.3) is 0 Å². The van der Waals surface area contributed by atoms with Gasteiger partial charge in [-0.05, 0) is 78.9 Å². The minimum absolute atomic E-state index is 0. The summed E-state index contributed by atoms with van der Waals surface area (Å²) < 4.78 is 5.39. The third kappa shape index (κ3) is 14.7. The first-order chi connectivity index (χ1) is 50.6. The minimum atomic E-state index is -0.172. The van der Waals surface area contributed by atoms with Gasteiger partial charge in [0.2, 0.25) is 5.56 Å². The molecule has 0 spiro atoms. The average Bonchev–Trinajstić information content (AvgIpc) is 1.65. The topological polar surface area (TPSA) is 434 Å². The van der Waals surface area contributed by atoms with Crippen LogP contribution in [0.4, 0.5) is 34.9 Å². The fraction of sp³-hybridized carbons (Fsp3) is 0.110. The SMILES string of the molecule is Nc1ncc(-c2ccc(=O)[nH]c2)nc1-c1nc2ccccc2[nH]1.Nc1ncc(-c2ccc(N3CCOCC3)nc2)nc1-c1nc2ccccc2[nH]1.Nc1ncc(-c2cccnc2)nc1-c1nc(-c2ccccc2)n[nH]1.Nc1ncc(-c2ccnc(N3CCNCC3)c2)nc1-c1nc2ccccc2[nH]1.[HH].[HH].[HH].[HH].[HH]. The quantitative estimate of drug-likeness (QED) is 0.0575. The molecule has 103 heavy (non-hydrogen) atoms. The smallest absolute Gasteiger partial charge is 0.247 e. The summed E-state index contributed by atoms with van der Waals surface area (Å²) in [6, 6.07) is 47.9. The Labute approximate surface area is 593 Å². The van der Waals surface area contributed by atoms with Crippen LogP contribution in [0.25, 0.3) is 136 Å². The van der Waals surface area contributed by atoms with Crippen molar-refractivity contribution in [3.05, 3.63) is 218 Å². The molecule has 30 nitrogen and oxygen atoms in total. The summed E-state index contributed by atoms with van der Waals surface area (Å²) in [5.41, 5.74) is 38.3. The maximum atomic E-state index is 11.2. The van der Waals surface area contributed by atoms with E-state index in [0.717, 1.165) is 131 Å². The van der Waals surface area contributed by atoms with Crippen LogP contribution in [0.15, 0.2) is 212 Å². The fourth-order valence-corrected chi connectivity index (χ4v) is 11.4. The van der Waals surface area contributed by atoms with E-state index in [1.807, 2.05) is 152 Å². The normalized spacial score (nSPS) is 12.8. The number of morpholine rings is 1. The Bertz CT molecular complexity index is 5580. The van der Waals surface area contributed by atoms with Gasteiger partial charge in [0.1, 0.15) is 34.4 Å². The highest BCUT2D eigenvalue weighted by Gasteiger charge is 2.21. The molecule has 2 fully saturated rings. The van der Waals surface area contributed by atoms with Gasteiger partial charge in [0.15, 0.2) is 52.4 Å². The molecular weight excluding hydrogens is 1300 g/mol. The monoisotopic (exact) mass is 1370 g/mol. The van der Waals surface area contributed by atoms with Crippen molar-refractivity contribution in [2.24, 2.45) is 0 Å². The molecule has 2 aliphatic heterocycles. The van der Waals surface area contributed by atoms with Crippen molar-refractivity contribution in [2.75, 3.05) is 85.2 Å². The van der Waals surface area contributed by atoms with Gasteiger partial charge in [-0.15, -0.1) is 0 Å². The zero-order valence-electron chi connectivity index (χ0n) is 55.0. The van der Waals surface area contributed by atoms with Crippen molar-refractivity contribution < 1.29 is 11.9 Å². The lowest BCUT2D eigenvalue weighted by Crippen LogP contribution is -2.43. The third-order valence-electron chi connectivity index (χ3n) is 16.7. The number of nitrogens with zero attached hydrogens (tertiary/aromatic N) is 18. The summed E-state index contributed by atoms with van der Waals surface area (Å²) in [7, 11) is 0. The van der Waals surface area contributed by atoms with Crippen LogP contribution in [0.5, 0.6) is 0 Å². The number of ether oxygens (including phenoxy) is 1. The Morgan fingerprint density at radius 3 is 1.39 bits per heavy atom. The number of H-pyrrole nitrogens is 5. The van der Waals surface area contributed by atoms with Gasteiger partial charge in [-0.25, -0.2) is 69.8 Å². The maximum Gasteiger partial charge on any atom is 0.247 e. The number of imidazole rings is 3. The number of fused-ring (bicyclic) bond motifs is 3. The summed E-state index contributed by atoms with van der Waals surface area (Å²) in [6.45, 7) is 6.96. The first kappa shape index (κ1) is 64.8. The number of hydrogen-bond acceptors (Lipinski definition) is 25. The molecule has 0 unspecified atom stereocenters. The van der Waals surface area contributed by atoms with E-state index in [-0.39, 0.29) is 18.5 Å². The lowest BCUT2D eigenvalue weighted by atomic mass is 10.2. The van der Waals surface area contributed by atoms with Gasteiger partial charge in [-0.2, -0.15) is 5.10 Å². The highest BCUT2D eigenvalue weighted by atomic mass is 16.5. The van der Waals surface area contributed by atoms with Gasteiger partial charge >= 0.3 is 0 Å². The van der Waals surface area contributed by atoms with E-state index in [0.29, 0.717) is 86.4 Å². The van der Waals surface area contributed by atoms with E-state index >= 15 is 0 Å². The Morgan fingerprint density at radius 2 is 0.883 bits per heavy atom. The second-order valence-corrected chi connectivity index (χ2v) is 23.5. The number of hydrogen-bond donors (Lipinski definition) is 10. The number of rotatable bonds is 11. The van der Waals surface area contributed by atoms with E-state index in [4.69, 9.17) is 37.6 Å². The molecule has 0 radical (unpaired) electrons. The zero-order valence-corrected chi connectivity index (χ0v) is 55.0. The number of para-hydroxylation sites is 6. The summed E-state index contributed by atoms with van der Waals surface area (Å²) in [4.78, 5) is 95.0. The predicted molar refractivity (Wildman–Crippen MR) is 406 cm³/mol. The van der Waals surface area contributed by atoms with Crippen LogP contribution in [0.3, 0.4) is 0 Å². The van der Waals surface area contributed by atoms with E-state index in [1.54, 1.807) is 49.4 Å². The van der Waals surface area contributed by atoms with Gasteiger partial charge in [0.05, 0.1) is 93.9 Å². The second kappa shape index (κ2) is 29.5. The molecule has 14 heterocycles. The second-order valence-electron chi connectivity index (χ2n) is 23.5. The van der Waals surface area contributed by atoms with Crippen molar-refractivity contribution in [1.82, 2.24) is 110 Å². The number of nitrogens with two attached hydrogens (primary N) is 4. The first-order valence-electron chi connectivity index (χ1n) is 32.7. The average molecular weight is 1380 g/mol. The van der Waals surface area contributed by atoms with Gasteiger partial charge in [-0.3, -0.25) is 14.9 Å². The van der Waals surface area contributed by atoms with Crippen LogP contribution in [-0.2, 0) is 4.74 Å². The van der Waals surface area contributed by atoms with Gasteiger partial charge < -0.3 is 62.7 Å². The Balaban J connectivity index is 0.000000152. The van der Waals surface area contributed by atoms with Crippen molar-refractivity contribution in [3.63, 3.8) is 0 Å². The molecular formula is C73H74N28O2. The lowest BCUT2D eigenvalue weighted by Gasteiger charge is -2.28. The zero-order chi connectivity index (χ0) is 70.0. The third-order valence-corrected chi connectivity index (χ3v) is 16.7. The molecule has 0 saturated carbocycles. The van der Waals surface area contributed by atoms with E-state index in [2.05, 4.69) is 110 Å². The molecule has 16 aromatic rings. The number of nitrogens with one attached hydrogen (secondary N) is 6. The molecule has 518 valence electrons. The summed E-state index contributed by atoms with van der Waals surface area (Å²) in [5, 5.41) is 10.5. The number of aromatic nitrogens is 21. The van der Waals surface area contributed by atoms with Gasteiger partial charge in [0, 0.05) is 111 Å². The molecule has 4 aromatic carbocycles. The van der Waals surface area contributed by atoms with Crippen LogP contribution in [0.1, 0.15) is 7.13 Å². The number of anilines is 6. The summed E-state index contributed by atoms with van der Waals surface area (Å²) in [5.74, 6) is 5.98. The lowest BCUT2D eigenvalue weighted by molar-refractivity contribution is 0.122. The molecule has 14 N–H and O–H groups in total. The Morgan fingerprint density at radius 1 is 0.398 bits per heavy atom. The van der Waals surface area contributed by atoms with Crippen molar-refractivity contribution in [1.29, 1.82) is 0 Å². The van der Waals surface area contributed by atoms with E-state index in [9.17, 15) is 4.79 Å². The number of pyridine rings is 4. The minimum Gasteiger partial charge on any atom is -0.382 e. The van der Waals surface area contributed by atoms with E-state index in [1.165, 1.54) is 6.07 Å². The largest absolute Gasteiger partial charge is 0.382 e. The molecule has 12 aromatic heterocycles. The highest BCUT2D eigenvalue weighted by Crippen LogP contribution is 2.32. The van der Waals surface area contributed by atoms with Crippen molar-refractivity contribution in [3.8, 4) is 102 Å². The molecule has 2 saturated heterocycles. The Hall–Kier alpha value is -14.1. The number of benzene rings is 4. The maximum absolute atomic E-state index is 11.2.